The van der Waals surface area contributed by atoms with Crippen molar-refractivity contribution in [2.45, 2.75) is 66.2 Å². The van der Waals surface area contributed by atoms with Crippen LogP contribution in [0.5, 0.6) is 0 Å². The van der Waals surface area contributed by atoms with Gasteiger partial charge in [-0.2, -0.15) is 0 Å². The first-order valence-corrected chi connectivity index (χ1v) is 7.97. The Morgan fingerprint density at radius 1 is 0.650 bits per heavy atom. The molecule has 0 spiro atoms. The summed E-state index contributed by atoms with van der Waals surface area (Å²) in [5.74, 6) is 0. The Bertz CT molecular complexity index is 182. The van der Waals surface area contributed by atoms with Crippen LogP contribution in [-0.2, 0) is 0 Å². The number of halogens is 4. The first-order valence-electron chi connectivity index (χ1n) is 7.97. The monoisotopic (exact) mass is 301 g/mol. The second kappa shape index (κ2) is 12.5. The van der Waals surface area contributed by atoms with E-state index in [1.807, 2.05) is 0 Å². The van der Waals surface area contributed by atoms with Crippen LogP contribution in [0.15, 0.2) is 0 Å². The van der Waals surface area contributed by atoms with Gasteiger partial charge in [0.15, 0.2) is 0 Å². The Labute approximate surface area is 122 Å². The van der Waals surface area contributed by atoms with Crippen molar-refractivity contribution in [3.63, 3.8) is 0 Å². The molecule has 6 heteroatoms. The summed E-state index contributed by atoms with van der Waals surface area (Å²) in [5, 5.41) is 0. The van der Waals surface area contributed by atoms with E-state index in [1.165, 1.54) is 69.2 Å². The van der Waals surface area contributed by atoms with Crippen molar-refractivity contribution in [3.8, 4) is 0 Å². The van der Waals surface area contributed by atoms with E-state index in [1.54, 1.807) is 0 Å². The number of nitrogens with zero attached hydrogens (tertiary/aromatic N) is 1. The minimum Gasteiger partial charge on any atom is -0.418 e. The van der Waals surface area contributed by atoms with Gasteiger partial charge in [0.05, 0.1) is 26.2 Å². The van der Waals surface area contributed by atoms with E-state index in [2.05, 4.69) is 27.7 Å². The molecule has 0 aliphatic rings. The molecule has 0 radical (unpaired) electrons. The summed E-state index contributed by atoms with van der Waals surface area (Å²) in [6, 6.07) is 0. The zero-order chi connectivity index (χ0) is 16.1. The molecule has 0 heterocycles. The molecule has 20 heavy (non-hydrogen) atoms. The van der Waals surface area contributed by atoms with Crippen molar-refractivity contribution in [3.05, 3.63) is 0 Å². The molecular weight excluding hydrogens is 269 g/mol. The topological polar surface area (TPSA) is 0 Å². The van der Waals surface area contributed by atoms with Crippen LogP contribution in [0, 0.1) is 0 Å². The molecule has 0 rings (SSSR count). The average molecular weight is 301 g/mol. The van der Waals surface area contributed by atoms with Gasteiger partial charge in [0, 0.05) is 0 Å². The fraction of sp³-hybridized carbons (Fsp3) is 1.00. The summed E-state index contributed by atoms with van der Waals surface area (Å²) < 4.78 is 40.4. The lowest BCUT2D eigenvalue weighted by Crippen LogP contribution is -2.49. The number of hydrogen-bond acceptors (Lipinski definition) is 0. The van der Waals surface area contributed by atoms with Gasteiger partial charge >= 0.3 is 7.25 Å². The molecule has 0 bridgehead atoms. The number of quaternary nitrogens is 1. The fourth-order valence-electron chi connectivity index (χ4n) is 2.29. The SMILES string of the molecule is CCCC[N+](CC)(CCCC)CCCC.F[B-](F)(F)F. The zero-order valence-corrected chi connectivity index (χ0v) is 13.6. The summed E-state index contributed by atoms with van der Waals surface area (Å²) in [6.07, 6.45) is 8.25. The van der Waals surface area contributed by atoms with E-state index in [0.29, 0.717) is 0 Å². The van der Waals surface area contributed by atoms with Crippen LogP contribution in [0.25, 0.3) is 0 Å². The molecule has 0 fully saturated rings. The molecule has 124 valence electrons. The van der Waals surface area contributed by atoms with Gasteiger partial charge in [-0.1, -0.05) is 40.0 Å². The van der Waals surface area contributed by atoms with Gasteiger partial charge in [-0.15, -0.1) is 0 Å². The predicted molar refractivity (Wildman–Crippen MR) is 80.3 cm³/mol. The van der Waals surface area contributed by atoms with Crippen molar-refractivity contribution in [2.75, 3.05) is 26.2 Å². The maximum atomic E-state index is 9.75. The summed E-state index contributed by atoms with van der Waals surface area (Å²) >= 11 is 0. The van der Waals surface area contributed by atoms with Crippen molar-refractivity contribution in [2.24, 2.45) is 0 Å². The molecule has 0 saturated heterocycles. The van der Waals surface area contributed by atoms with Crippen molar-refractivity contribution < 1.29 is 21.7 Å². The van der Waals surface area contributed by atoms with E-state index in [4.69, 9.17) is 0 Å². The Hall–Kier alpha value is -0.255. The zero-order valence-electron chi connectivity index (χ0n) is 13.6. The third-order valence-corrected chi connectivity index (χ3v) is 3.63. The second-order valence-electron chi connectivity index (χ2n) is 5.38. The van der Waals surface area contributed by atoms with E-state index < -0.39 is 7.25 Å². The second-order valence-corrected chi connectivity index (χ2v) is 5.38. The van der Waals surface area contributed by atoms with Crippen LogP contribution in [0.1, 0.15) is 66.2 Å². The third kappa shape index (κ3) is 15.8. The van der Waals surface area contributed by atoms with E-state index >= 15 is 0 Å². The van der Waals surface area contributed by atoms with Crippen molar-refractivity contribution in [1.82, 2.24) is 0 Å². The quantitative estimate of drug-likeness (QED) is 0.283. The standard InChI is InChI=1S/C14H32N.BF4/c1-5-9-12-15(8-4,13-10-6-2)14-11-7-3;2-1(3,4)5/h5-14H2,1-4H3;/q+1;-1. The summed E-state index contributed by atoms with van der Waals surface area (Å²) in [7, 11) is -6.00. The fourth-order valence-corrected chi connectivity index (χ4v) is 2.29. The van der Waals surface area contributed by atoms with Gasteiger partial charge in [-0.25, -0.2) is 0 Å². The predicted octanol–water partition coefficient (Wildman–Crippen LogP) is 5.52. The van der Waals surface area contributed by atoms with Gasteiger partial charge < -0.3 is 21.7 Å². The number of rotatable bonds is 10. The normalized spacial score (nSPS) is 12.0. The summed E-state index contributed by atoms with van der Waals surface area (Å²) in [6.45, 7) is 14.9. The molecule has 1 nitrogen and oxygen atoms in total. The molecule has 0 aliphatic heterocycles. The summed E-state index contributed by atoms with van der Waals surface area (Å²) in [4.78, 5) is 0. The molecule has 0 aromatic carbocycles. The van der Waals surface area contributed by atoms with Gasteiger partial charge in [-0.3, -0.25) is 0 Å². The first kappa shape index (κ1) is 22.0. The summed E-state index contributed by atoms with van der Waals surface area (Å²) in [5.41, 5.74) is 0. The number of unbranched alkanes of at least 4 members (excludes halogenated alkanes) is 3. The van der Waals surface area contributed by atoms with E-state index in [9.17, 15) is 17.3 Å². The molecule has 0 aromatic heterocycles. The van der Waals surface area contributed by atoms with E-state index in [0.717, 1.165) is 0 Å². The minimum atomic E-state index is -6.00. The molecule has 0 aromatic rings. The highest BCUT2D eigenvalue weighted by Crippen LogP contribution is 2.14. The largest absolute Gasteiger partial charge is 0.673 e. The molecule has 0 unspecified atom stereocenters. The van der Waals surface area contributed by atoms with Crippen molar-refractivity contribution >= 4 is 7.25 Å². The maximum Gasteiger partial charge on any atom is 0.673 e. The van der Waals surface area contributed by atoms with Crippen molar-refractivity contribution in [1.29, 1.82) is 0 Å². The smallest absolute Gasteiger partial charge is 0.418 e. The molecule has 0 saturated carbocycles. The molecule has 0 N–H and O–H groups in total. The highest BCUT2D eigenvalue weighted by molar-refractivity contribution is 6.50. The van der Waals surface area contributed by atoms with Crippen LogP contribution in [0.3, 0.4) is 0 Å². The Balaban J connectivity index is 0. The molecule has 0 atom stereocenters. The van der Waals surface area contributed by atoms with Crippen LogP contribution < -0.4 is 0 Å². The Morgan fingerprint density at radius 2 is 0.900 bits per heavy atom. The lowest BCUT2D eigenvalue weighted by Gasteiger charge is -2.38. The van der Waals surface area contributed by atoms with Crippen LogP contribution in [0.4, 0.5) is 17.3 Å². The van der Waals surface area contributed by atoms with Gasteiger partial charge in [0.1, 0.15) is 0 Å². The highest BCUT2D eigenvalue weighted by atomic mass is 19.5. The third-order valence-electron chi connectivity index (χ3n) is 3.63. The lowest BCUT2D eigenvalue weighted by molar-refractivity contribution is -0.927. The molecule has 0 aliphatic carbocycles. The van der Waals surface area contributed by atoms with Crippen LogP contribution in [-0.4, -0.2) is 37.9 Å². The highest BCUT2D eigenvalue weighted by Gasteiger charge is 2.23. The molecule has 0 amide bonds. The van der Waals surface area contributed by atoms with Gasteiger partial charge in [0.25, 0.3) is 0 Å². The lowest BCUT2D eigenvalue weighted by atomic mass is 10.1. The minimum absolute atomic E-state index is 1.33. The maximum absolute atomic E-state index is 9.75. The van der Waals surface area contributed by atoms with E-state index in [-0.39, 0.29) is 0 Å². The Morgan fingerprint density at radius 3 is 1.05 bits per heavy atom. The average Bonchev–Trinajstić information content (AvgIpc) is 2.37. The first-order chi connectivity index (χ1) is 9.24. The van der Waals surface area contributed by atoms with Crippen LogP contribution in [0.2, 0.25) is 0 Å². The Kier molecular flexibility index (Phi) is 13.8. The van der Waals surface area contributed by atoms with Crippen LogP contribution >= 0.6 is 0 Å². The van der Waals surface area contributed by atoms with Gasteiger partial charge in [-0.05, 0) is 26.2 Å². The molecular formula is C14H32BF4N. The number of hydrogen-bond donors (Lipinski definition) is 0. The van der Waals surface area contributed by atoms with Gasteiger partial charge in [0.2, 0.25) is 0 Å².